The van der Waals surface area contributed by atoms with E-state index in [1.807, 2.05) is 7.05 Å². The predicted octanol–water partition coefficient (Wildman–Crippen LogP) is 6.31. The molecular formula is C27H32BrN5. The summed E-state index contributed by atoms with van der Waals surface area (Å²) < 4.78 is 1.13. The molecule has 1 saturated carbocycles. The van der Waals surface area contributed by atoms with Crippen LogP contribution in [0.4, 0.5) is 11.5 Å². The number of halogens is 1. The number of aromatic amines is 1. The summed E-state index contributed by atoms with van der Waals surface area (Å²) in [5, 5.41) is 9.53. The summed E-state index contributed by atoms with van der Waals surface area (Å²) in [4.78, 5) is 10.7. The van der Waals surface area contributed by atoms with Gasteiger partial charge in [0.2, 0.25) is 0 Å². The van der Waals surface area contributed by atoms with Crippen molar-refractivity contribution in [3.05, 3.63) is 64.8 Å². The molecule has 3 N–H and O–H groups in total. The third-order valence-electron chi connectivity index (χ3n) is 7.18. The molecule has 5 nitrogen and oxygen atoms in total. The van der Waals surface area contributed by atoms with E-state index in [0.717, 1.165) is 40.5 Å². The summed E-state index contributed by atoms with van der Waals surface area (Å²) in [5.74, 6) is 1.80. The lowest BCUT2D eigenvalue weighted by atomic mass is 9.85. The van der Waals surface area contributed by atoms with Crippen molar-refractivity contribution >= 4 is 49.2 Å². The SMILES string of the molecule is CNc1cc(N(C)C2CCC(CNCc3c[nH]c4ccc(Br)cc34)CC2)nc2ccccc12. The van der Waals surface area contributed by atoms with Gasteiger partial charge in [-0.05, 0) is 68.0 Å². The second-order valence-corrected chi connectivity index (χ2v) is 10.1. The van der Waals surface area contributed by atoms with E-state index in [-0.39, 0.29) is 0 Å². The van der Waals surface area contributed by atoms with Crippen LogP contribution < -0.4 is 15.5 Å². The zero-order valence-corrected chi connectivity index (χ0v) is 21.0. The van der Waals surface area contributed by atoms with E-state index in [2.05, 4.69) is 98.2 Å². The molecule has 1 aliphatic carbocycles. The molecule has 0 saturated heterocycles. The molecule has 2 aromatic carbocycles. The van der Waals surface area contributed by atoms with E-state index >= 15 is 0 Å². The van der Waals surface area contributed by atoms with Gasteiger partial charge >= 0.3 is 0 Å². The highest BCUT2D eigenvalue weighted by atomic mass is 79.9. The van der Waals surface area contributed by atoms with Crippen LogP contribution in [0.3, 0.4) is 0 Å². The Kier molecular flexibility index (Phi) is 6.56. The van der Waals surface area contributed by atoms with E-state index in [1.54, 1.807) is 0 Å². The van der Waals surface area contributed by atoms with Crippen LogP contribution in [0.5, 0.6) is 0 Å². The fraction of sp³-hybridized carbons (Fsp3) is 0.370. The number of anilines is 2. The van der Waals surface area contributed by atoms with Gasteiger partial charge in [-0.1, -0.05) is 34.1 Å². The minimum Gasteiger partial charge on any atom is -0.387 e. The number of hydrogen-bond acceptors (Lipinski definition) is 4. The quantitative estimate of drug-likeness (QED) is 0.275. The van der Waals surface area contributed by atoms with Gasteiger partial charge in [-0.15, -0.1) is 0 Å². The van der Waals surface area contributed by atoms with Crippen molar-refractivity contribution in [2.75, 3.05) is 30.9 Å². The van der Waals surface area contributed by atoms with Crippen LogP contribution in [0.1, 0.15) is 31.2 Å². The molecular weight excluding hydrogens is 474 g/mol. The average Bonchev–Trinajstić information content (AvgIpc) is 3.25. The van der Waals surface area contributed by atoms with Gasteiger partial charge in [-0.3, -0.25) is 0 Å². The van der Waals surface area contributed by atoms with Crippen LogP contribution in [0.15, 0.2) is 59.2 Å². The number of pyridine rings is 1. The van der Waals surface area contributed by atoms with E-state index in [9.17, 15) is 0 Å². The van der Waals surface area contributed by atoms with Crippen molar-refractivity contribution in [2.24, 2.45) is 5.92 Å². The second-order valence-electron chi connectivity index (χ2n) is 9.22. The van der Waals surface area contributed by atoms with Crippen molar-refractivity contribution in [3.63, 3.8) is 0 Å². The topological polar surface area (TPSA) is 56.0 Å². The lowest BCUT2D eigenvalue weighted by molar-refractivity contribution is 0.308. The van der Waals surface area contributed by atoms with E-state index in [4.69, 9.17) is 4.98 Å². The highest BCUT2D eigenvalue weighted by molar-refractivity contribution is 9.10. The van der Waals surface area contributed by atoms with Gasteiger partial charge in [0.15, 0.2) is 0 Å². The van der Waals surface area contributed by atoms with E-state index in [0.29, 0.717) is 6.04 Å². The molecule has 0 spiro atoms. The molecule has 2 aromatic heterocycles. The normalized spacial score (nSPS) is 18.6. The van der Waals surface area contributed by atoms with Gasteiger partial charge in [0.05, 0.1) is 5.52 Å². The number of rotatable bonds is 7. The summed E-state index contributed by atoms with van der Waals surface area (Å²) in [5.41, 5.74) is 4.72. The number of hydrogen-bond donors (Lipinski definition) is 3. The largest absolute Gasteiger partial charge is 0.387 e. The molecule has 33 heavy (non-hydrogen) atoms. The summed E-state index contributed by atoms with van der Waals surface area (Å²) in [6, 6.07) is 17.5. The predicted molar refractivity (Wildman–Crippen MR) is 143 cm³/mol. The first-order chi connectivity index (χ1) is 16.1. The molecule has 0 radical (unpaired) electrons. The highest BCUT2D eigenvalue weighted by Crippen LogP contribution is 2.32. The minimum absolute atomic E-state index is 0.547. The van der Waals surface area contributed by atoms with Crippen LogP contribution in [0.25, 0.3) is 21.8 Å². The Morgan fingerprint density at radius 3 is 2.70 bits per heavy atom. The van der Waals surface area contributed by atoms with Crippen molar-refractivity contribution in [2.45, 2.75) is 38.3 Å². The zero-order chi connectivity index (χ0) is 22.8. The smallest absolute Gasteiger partial charge is 0.131 e. The Hall–Kier alpha value is -2.57. The van der Waals surface area contributed by atoms with Crippen LogP contribution >= 0.6 is 15.9 Å². The number of nitrogens with one attached hydrogen (secondary N) is 3. The molecule has 4 aromatic rings. The fourth-order valence-electron chi connectivity index (χ4n) is 5.18. The summed E-state index contributed by atoms with van der Waals surface area (Å²) in [7, 11) is 4.19. The number of benzene rings is 2. The monoisotopic (exact) mass is 505 g/mol. The van der Waals surface area contributed by atoms with Crippen molar-refractivity contribution in [1.29, 1.82) is 0 Å². The molecule has 1 fully saturated rings. The molecule has 0 aliphatic heterocycles. The number of H-pyrrole nitrogens is 1. The van der Waals surface area contributed by atoms with Crippen molar-refractivity contribution in [3.8, 4) is 0 Å². The average molecular weight is 506 g/mol. The number of fused-ring (bicyclic) bond motifs is 2. The summed E-state index contributed by atoms with van der Waals surface area (Å²) in [6.45, 7) is 1.99. The standard InChI is InChI=1S/C27H32BrN5/c1-29-26-14-27(32-25-6-4-3-5-22(25)26)33(2)21-10-7-18(8-11-21)15-30-16-19-17-31-24-12-9-20(28)13-23(19)24/h3-6,9,12-14,17-18,21,30-31H,7-8,10-11,15-16H2,1-2H3,(H,29,32). The zero-order valence-electron chi connectivity index (χ0n) is 19.4. The number of para-hydroxylation sites is 1. The highest BCUT2D eigenvalue weighted by Gasteiger charge is 2.25. The Labute approximate surface area is 204 Å². The van der Waals surface area contributed by atoms with Crippen LogP contribution in [0, 0.1) is 5.92 Å². The van der Waals surface area contributed by atoms with E-state index < -0.39 is 0 Å². The Morgan fingerprint density at radius 1 is 1.06 bits per heavy atom. The van der Waals surface area contributed by atoms with E-state index in [1.165, 1.54) is 47.5 Å². The number of nitrogens with zero attached hydrogens (tertiary/aromatic N) is 2. The summed E-state index contributed by atoms with van der Waals surface area (Å²) >= 11 is 3.59. The maximum Gasteiger partial charge on any atom is 0.131 e. The first-order valence-electron chi connectivity index (χ1n) is 11.9. The molecule has 1 aliphatic rings. The van der Waals surface area contributed by atoms with Gasteiger partial charge < -0.3 is 20.5 Å². The van der Waals surface area contributed by atoms with Crippen molar-refractivity contribution < 1.29 is 0 Å². The fourth-order valence-corrected chi connectivity index (χ4v) is 5.54. The molecule has 0 bridgehead atoms. The molecule has 0 atom stereocenters. The number of aromatic nitrogens is 2. The van der Waals surface area contributed by atoms with Gasteiger partial charge in [-0.2, -0.15) is 0 Å². The van der Waals surface area contributed by atoms with Gasteiger partial charge in [0.1, 0.15) is 5.82 Å². The maximum atomic E-state index is 4.95. The molecule has 172 valence electrons. The van der Waals surface area contributed by atoms with Crippen LogP contribution in [-0.4, -0.2) is 36.6 Å². The lowest BCUT2D eigenvalue weighted by Gasteiger charge is -2.35. The molecule has 5 rings (SSSR count). The first kappa shape index (κ1) is 22.2. The molecule has 2 heterocycles. The van der Waals surface area contributed by atoms with Crippen molar-refractivity contribution in [1.82, 2.24) is 15.3 Å². The second kappa shape index (κ2) is 9.74. The molecule has 0 unspecified atom stereocenters. The third kappa shape index (κ3) is 4.73. The van der Waals surface area contributed by atoms with Crippen LogP contribution in [-0.2, 0) is 6.54 Å². The van der Waals surface area contributed by atoms with Gasteiger partial charge in [0, 0.05) is 65.4 Å². The Balaban J connectivity index is 1.16. The third-order valence-corrected chi connectivity index (χ3v) is 7.67. The maximum absolute atomic E-state index is 4.95. The summed E-state index contributed by atoms with van der Waals surface area (Å²) in [6.07, 6.45) is 7.08. The molecule has 6 heteroatoms. The Morgan fingerprint density at radius 2 is 1.88 bits per heavy atom. The molecule has 0 amide bonds. The first-order valence-corrected chi connectivity index (χ1v) is 12.7. The van der Waals surface area contributed by atoms with Gasteiger partial charge in [0.25, 0.3) is 0 Å². The Bertz CT molecular complexity index is 1240. The van der Waals surface area contributed by atoms with Gasteiger partial charge in [-0.25, -0.2) is 4.98 Å². The lowest BCUT2D eigenvalue weighted by Crippen LogP contribution is -2.37. The van der Waals surface area contributed by atoms with Crippen LogP contribution in [0.2, 0.25) is 0 Å². The minimum atomic E-state index is 0.547.